The van der Waals surface area contributed by atoms with E-state index in [1.54, 1.807) is 7.11 Å². The third-order valence-corrected chi connectivity index (χ3v) is 4.21. The Morgan fingerprint density at radius 3 is 2.82 bits per heavy atom. The Bertz CT molecular complexity index is 1050. The molecule has 0 atom stereocenters. The van der Waals surface area contributed by atoms with E-state index in [1.165, 1.54) is 6.33 Å². The van der Waals surface area contributed by atoms with Gasteiger partial charge < -0.3 is 24.3 Å². The highest BCUT2D eigenvalue weighted by molar-refractivity contribution is 5.99. The molecule has 0 spiro atoms. The minimum atomic E-state index is 0.396. The average Bonchev–Trinajstić information content (AvgIpc) is 2.74. The molecule has 0 unspecified atom stereocenters. The van der Waals surface area contributed by atoms with Crippen molar-refractivity contribution in [3.8, 4) is 29.6 Å². The van der Waals surface area contributed by atoms with Crippen LogP contribution in [0.3, 0.4) is 0 Å². The molecule has 0 radical (unpaired) electrons. The molecule has 2 heterocycles. The molecule has 1 aromatic heterocycles. The van der Waals surface area contributed by atoms with Crippen molar-refractivity contribution < 1.29 is 18.9 Å². The van der Waals surface area contributed by atoms with Gasteiger partial charge in [0.25, 0.3) is 0 Å². The third-order valence-electron chi connectivity index (χ3n) is 4.21. The number of nitrogens with zero attached hydrogens (tertiary/aromatic N) is 2. The van der Waals surface area contributed by atoms with E-state index >= 15 is 0 Å². The van der Waals surface area contributed by atoms with Crippen molar-refractivity contribution in [2.45, 2.75) is 0 Å². The van der Waals surface area contributed by atoms with Crippen LogP contribution in [0.4, 0.5) is 11.5 Å². The van der Waals surface area contributed by atoms with Crippen LogP contribution < -0.4 is 19.5 Å². The topological polar surface area (TPSA) is 74.7 Å². The zero-order chi connectivity index (χ0) is 19.3. The number of rotatable bonds is 6. The van der Waals surface area contributed by atoms with Crippen molar-refractivity contribution in [1.29, 1.82) is 0 Å². The van der Waals surface area contributed by atoms with Crippen LogP contribution in [0.2, 0.25) is 0 Å². The van der Waals surface area contributed by atoms with Crippen LogP contribution in [0.15, 0.2) is 36.7 Å². The lowest BCUT2D eigenvalue weighted by atomic mass is 10.1. The molecule has 4 rings (SSSR count). The highest BCUT2D eigenvalue weighted by Gasteiger charge is 2.24. The highest BCUT2D eigenvalue weighted by Crippen LogP contribution is 2.47. The summed E-state index contributed by atoms with van der Waals surface area (Å²) >= 11 is 0. The van der Waals surface area contributed by atoms with Crippen molar-refractivity contribution in [3.63, 3.8) is 0 Å². The fraction of sp³-hybridized carbons (Fsp3) is 0.238. The summed E-state index contributed by atoms with van der Waals surface area (Å²) < 4.78 is 22.6. The number of aromatic nitrogens is 2. The largest absolute Gasteiger partial charge is 0.487 e. The van der Waals surface area contributed by atoms with E-state index in [4.69, 9.17) is 25.4 Å². The van der Waals surface area contributed by atoms with Gasteiger partial charge in [0.15, 0.2) is 11.5 Å². The fourth-order valence-corrected chi connectivity index (χ4v) is 2.97. The lowest BCUT2D eigenvalue weighted by Crippen LogP contribution is -2.17. The normalized spacial score (nSPS) is 12.4. The molecule has 1 N–H and O–H groups in total. The van der Waals surface area contributed by atoms with Gasteiger partial charge in [0, 0.05) is 24.4 Å². The number of benzene rings is 2. The summed E-state index contributed by atoms with van der Waals surface area (Å²) in [6.45, 7) is 1.74. The predicted molar refractivity (Wildman–Crippen MR) is 106 cm³/mol. The fourth-order valence-electron chi connectivity index (χ4n) is 2.97. The maximum absolute atomic E-state index is 5.92. The van der Waals surface area contributed by atoms with Gasteiger partial charge in [-0.1, -0.05) is 12.0 Å². The molecular weight excluding hydrogens is 358 g/mol. The number of hydrogen-bond donors (Lipinski definition) is 1. The second-order valence-electron chi connectivity index (χ2n) is 6.04. The van der Waals surface area contributed by atoms with E-state index in [0.29, 0.717) is 55.0 Å². The molecule has 1 aliphatic rings. The number of nitrogens with one attached hydrogen (secondary N) is 1. The van der Waals surface area contributed by atoms with E-state index in [1.807, 2.05) is 30.3 Å². The maximum atomic E-state index is 5.92. The van der Waals surface area contributed by atoms with Crippen molar-refractivity contribution >= 4 is 22.4 Å². The van der Waals surface area contributed by atoms with Crippen LogP contribution in [-0.4, -0.2) is 43.5 Å². The Morgan fingerprint density at radius 1 is 1.14 bits per heavy atom. The minimum absolute atomic E-state index is 0.396. The van der Waals surface area contributed by atoms with Crippen LogP contribution in [0.1, 0.15) is 5.56 Å². The molecule has 0 aliphatic carbocycles. The Morgan fingerprint density at radius 2 is 2.00 bits per heavy atom. The average molecular weight is 377 g/mol. The molecule has 0 bridgehead atoms. The van der Waals surface area contributed by atoms with Crippen molar-refractivity contribution in [3.05, 3.63) is 42.2 Å². The van der Waals surface area contributed by atoms with Gasteiger partial charge in [-0.15, -0.1) is 6.42 Å². The quantitative estimate of drug-likeness (QED) is 0.522. The molecule has 3 aromatic rings. The van der Waals surface area contributed by atoms with Gasteiger partial charge in [-0.25, -0.2) is 9.97 Å². The molecule has 1 aliphatic heterocycles. The molecule has 2 aromatic carbocycles. The summed E-state index contributed by atoms with van der Waals surface area (Å²) in [5.74, 6) is 4.91. The first-order chi connectivity index (χ1) is 13.8. The monoisotopic (exact) mass is 377 g/mol. The Kier molecular flexibility index (Phi) is 5.13. The number of methoxy groups -OCH3 is 1. The summed E-state index contributed by atoms with van der Waals surface area (Å²) in [6.07, 6.45) is 6.99. The van der Waals surface area contributed by atoms with Gasteiger partial charge in [0.05, 0.1) is 17.5 Å². The zero-order valence-electron chi connectivity index (χ0n) is 15.4. The second-order valence-corrected chi connectivity index (χ2v) is 6.04. The van der Waals surface area contributed by atoms with Crippen molar-refractivity contribution in [2.24, 2.45) is 0 Å². The third kappa shape index (κ3) is 3.50. The summed E-state index contributed by atoms with van der Waals surface area (Å²) in [5.41, 5.74) is 2.28. The van der Waals surface area contributed by atoms with Gasteiger partial charge in [-0.05, 0) is 18.2 Å². The van der Waals surface area contributed by atoms with Crippen molar-refractivity contribution in [1.82, 2.24) is 9.97 Å². The van der Waals surface area contributed by atoms with E-state index in [0.717, 1.165) is 16.6 Å². The highest BCUT2D eigenvalue weighted by atomic mass is 16.6. The smallest absolute Gasteiger partial charge is 0.204 e. The van der Waals surface area contributed by atoms with Crippen molar-refractivity contribution in [2.75, 3.05) is 38.9 Å². The zero-order valence-corrected chi connectivity index (χ0v) is 15.4. The lowest BCUT2D eigenvalue weighted by Gasteiger charge is -2.23. The predicted octanol–water partition coefficient (Wildman–Crippen LogP) is 3.15. The van der Waals surface area contributed by atoms with E-state index in [-0.39, 0.29) is 0 Å². The van der Waals surface area contributed by atoms with Crippen LogP contribution in [0, 0.1) is 12.3 Å². The molecule has 0 amide bonds. The Balaban J connectivity index is 1.79. The molecule has 7 nitrogen and oxygen atoms in total. The number of fused-ring (bicyclic) bond motifs is 3. The molecule has 0 fully saturated rings. The van der Waals surface area contributed by atoms with Crippen LogP contribution in [-0.2, 0) is 4.74 Å². The van der Waals surface area contributed by atoms with E-state index in [2.05, 4.69) is 21.2 Å². The standard InChI is InChI=1S/C21H19N3O4/c1-3-14-5-4-6-15(11-14)24-21-18-16(22-13-23-21)12-17(26-8-7-25-2)19-20(18)28-10-9-27-19/h1,4-6,11-13H,7-10H2,2H3,(H,22,23,24). The first-order valence-corrected chi connectivity index (χ1v) is 8.83. The first-order valence-electron chi connectivity index (χ1n) is 8.83. The summed E-state index contributed by atoms with van der Waals surface area (Å²) in [6, 6.07) is 9.37. The Hall–Kier alpha value is -3.50. The molecule has 0 saturated carbocycles. The van der Waals surface area contributed by atoms with Gasteiger partial charge in [0.2, 0.25) is 5.75 Å². The first kappa shape index (κ1) is 17.9. The molecular formula is C21H19N3O4. The number of hydrogen-bond acceptors (Lipinski definition) is 7. The summed E-state index contributed by atoms with van der Waals surface area (Å²) in [5, 5.41) is 4.02. The van der Waals surface area contributed by atoms with Gasteiger partial charge >= 0.3 is 0 Å². The van der Waals surface area contributed by atoms with Gasteiger partial charge in [-0.2, -0.15) is 0 Å². The molecule has 142 valence electrons. The second kappa shape index (κ2) is 8.03. The molecule has 7 heteroatoms. The summed E-state index contributed by atoms with van der Waals surface area (Å²) in [4.78, 5) is 8.78. The lowest BCUT2D eigenvalue weighted by molar-refractivity contribution is 0.134. The maximum Gasteiger partial charge on any atom is 0.204 e. The van der Waals surface area contributed by atoms with Crippen LogP contribution in [0.25, 0.3) is 10.9 Å². The SMILES string of the molecule is C#Cc1cccc(Nc2ncnc3cc(OCCOC)c4c(c23)OCCO4)c1. The van der Waals surface area contributed by atoms with E-state index in [9.17, 15) is 0 Å². The molecule has 28 heavy (non-hydrogen) atoms. The van der Waals surface area contributed by atoms with E-state index < -0.39 is 0 Å². The minimum Gasteiger partial charge on any atom is -0.487 e. The van der Waals surface area contributed by atoms with Crippen LogP contribution >= 0.6 is 0 Å². The number of terminal acetylenes is 1. The van der Waals surface area contributed by atoms with Crippen LogP contribution in [0.5, 0.6) is 17.2 Å². The number of anilines is 2. The summed E-state index contributed by atoms with van der Waals surface area (Å²) in [7, 11) is 1.62. The van der Waals surface area contributed by atoms with Gasteiger partial charge in [-0.3, -0.25) is 0 Å². The Labute approximate surface area is 162 Å². The van der Waals surface area contributed by atoms with Gasteiger partial charge in [0.1, 0.15) is 32.0 Å². The molecule has 0 saturated heterocycles. The number of ether oxygens (including phenoxy) is 4.